The first-order valence-corrected chi connectivity index (χ1v) is 9.44. The van der Waals surface area contributed by atoms with Crippen LogP contribution in [0.4, 0.5) is 0 Å². The van der Waals surface area contributed by atoms with Gasteiger partial charge >= 0.3 is 0 Å². The van der Waals surface area contributed by atoms with Crippen LogP contribution in [0.1, 0.15) is 25.0 Å². The number of aliphatic hydroxyl groups is 1. The maximum Gasteiger partial charge on any atom is 0.163 e. The van der Waals surface area contributed by atoms with Gasteiger partial charge in [-0.05, 0) is 43.2 Å². The molecule has 0 saturated heterocycles. The summed E-state index contributed by atoms with van der Waals surface area (Å²) in [7, 11) is 0. The third-order valence-corrected chi connectivity index (χ3v) is 4.64. The van der Waals surface area contributed by atoms with Crippen LogP contribution >= 0.6 is 34.8 Å². The van der Waals surface area contributed by atoms with Gasteiger partial charge in [-0.1, -0.05) is 40.9 Å². The van der Waals surface area contributed by atoms with E-state index in [9.17, 15) is 5.11 Å². The first kappa shape index (κ1) is 21.1. The van der Waals surface area contributed by atoms with Gasteiger partial charge in [0.15, 0.2) is 11.5 Å². The maximum absolute atomic E-state index is 9.34. The molecule has 0 aliphatic heterocycles. The van der Waals surface area contributed by atoms with Crippen molar-refractivity contribution < 1.29 is 14.6 Å². The van der Waals surface area contributed by atoms with E-state index >= 15 is 0 Å². The zero-order chi connectivity index (χ0) is 19.1. The van der Waals surface area contributed by atoms with Gasteiger partial charge < -0.3 is 19.9 Å². The molecular weight excluding hydrogens is 397 g/mol. The van der Waals surface area contributed by atoms with Crippen LogP contribution in [0.3, 0.4) is 0 Å². The average Bonchev–Trinajstić information content (AvgIpc) is 2.59. The van der Waals surface area contributed by atoms with Crippen LogP contribution in [0.15, 0.2) is 30.3 Å². The molecule has 142 valence electrons. The Kier molecular flexibility index (Phi) is 8.32. The van der Waals surface area contributed by atoms with Gasteiger partial charge in [-0.25, -0.2) is 0 Å². The fourth-order valence-electron chi connectivity index (χ4n) is 2.30. The zero-order valence-electron chi connectivity index (χ0n) is 14.7. The molecule has 2 N–H and O–H groups in total. The molecule has 0 radical (unpaired) electrons. The van der Waals surface area contributed by atoms with Gasteiger partial charge in [0.2, 0.25) is 0 Å². The Bertz CT molecular complexity index is 738. The van der Waals surface area contributed by atoms with Crippen LogP contribution in [-0.2, 0) is 13.2 Å². The SMILES string of the molecule is CCOc1cc(CNCC(C)O)c(Cl)cc1OCc1ccc(Cl)c(Cl)c1. The monoisotopic (exact) mass is 417 g/mol. The molecule has 0 heterocycles. The van der Waals surface area contributed by atoms with E-state index in [0.29, 0.717) is 52.9 Å². The first-order valence-electron chi connectivity index (χ1n) is 8.31. The highest BCUT2D eigenvalue weighted by molar-refractivity contribution is 6.42. The number of nitrogens with one attached hydrogen (secondary N) is 1. The van der Waals surface area contributed by atoms with Crippen molar-refractivity contribution in [3.05, 3.63) is 56.5 Å². The van der Waals surface area contributed by atoms with Crippen LogP contribution in [-0.4, -0.2) is 24.4 Å². The molecule has 0 aliphatic carbocycles. The minimum Gasteiger partial charge on any atom is -0.490 e. The van der Waals surface area contributed by atoms with E-state index in [0.717, 1.165) is 11.1 Å². The lowest BCUT2D eigenvalue weighted by Gasteiger charge is -2.16. The molecule has 0 spiro atoms. The van der Waals surface area contributed by atoms with Crippen molar-refractivity contribution in [2.45, 2.75) is 33.1 Å². The van der Waals surface area contributed by atoms with E-state index in [4.69, 9.17) is 44.3 Å². The van der Waals surface area contributed by atoms with Crippen LogP contribution in [0.2, 0.25) is 15.1 Å². The summed E-state index contributed by atoms with van der Waals surface area (Å²) >= 11 is 18.3. The van der Waals surface area contributed by atoms with E-state index in [1.807, 2.05) is 19.1 Å². The summed E-state index contributed by atoms with van der Waals surface area (Å²) in [5, 5.41) is 14.0. The second-order valence-electron chi connectivity index (χ2n) is 5.84. The maximum atomic E-state index is 9.34. The molecule has 26 heavy (non-hydrogen) atoms. The lowest BCUT2D eigenvalue weighted by atomic mass is 10.2. The predicted octanol–water partition coefficient (Wildman–Crippen LogP) is 5.09. The average molecular weight is 419 g/mol. The third kappa shape index (κ3) is 6.22. The number of hydrogen-bond acceptors (Lipinski definition) is 4. The van der Waals surface area contributed by atoms with E-state index in [2.05, 4.69) is 5.32 Å². The molecule has 2 rings (SSSR count). The van der Waals surface area contributed by atoms with Gasteiger partial charge in [0.05, 0.1) is 22.8 Å². The highest BCUT2D eigenvalue weighted by Gasteiger charge is 2.12. The molecule has 0 aromatic heterocycles. The molecule has 4 nitrogen and oxygen atoms in total. The van der Waals surface area contributed by atoms with Crippen LogP contribution in [0, 0.1) is 0 Å². The van der Waals surface area contributed by atoms with Crippen molar-refractivity contribution in [3.63, 3.8) is 0 Å². The molecular formula is C19H22Cl3NO3. The summed E-state index contributed by atoms with van der Waals surface area (Å²) in [4.78, 5) is 0. The quantitative estimate of drug-likeness (QED) is 0.595. The smallest absolute Gasteiger partial charge is 0.163 e. The zero-order valence-corrected chi connectivity index (χ0v) is 17.0. The Morgan fingerprint density at radius 1 is 1.00 bits per heavy atom. The van der Waals surface area contributed by atoms with Crippen molar-refractivity contribution >= 4 is 34.8 Å². The fourth-order valence-corrected chi connectivity index (χ4v) is 2.84. The van der Waals surface area contributed by atoms with Gasteiger partial charge in [-0.15, -0.1) is 0 Å². The van der Waals surface area contributed by atoms with Crippen molar-refractivity contribution in [1.29, 1.82) is 0 Å². The number of rotatable bonds is 9. The normalized spacial score (nSPS) is 12.1. The summed E-state index contributed by atoms with van der Waals surface area (Å²) in [5.41, 5.74) is 1.76. The number of hydrogen-bond donors (Lipinski definition) is 2. The summed E-state index contributed by atoms with van der Waals surface area (Å²) in [6, 6.07) is 8.94. The van der Waals surface area contributed by atoms with Crippen LogP contribution in [0.5, 0.6) is 11.5 Å². The van der Waals surface area contributed by atoms with E-state index in [1.54, 1.807) is 25.1 Å². The molecule has 1 unspecified atom stereocenters. The number of halogens is 3. The molecule has 0 saturated carbocycles. The molecule has 2 aromatic carbocycles. The van der Waals surface area contributed by atoms with E-state index in [-0.39, 0.29) is 0 Å². The summed E-state index contributed by atoms with van der Waals surface area (Å²) in [5.74, 6) is 1.17. The van der Waals surface area contributed by atoms with Crippen LogP contribution in [0.25, 0.3) is 0 Å². The number of benzene rings is 2. The van der Waals surface area contributed by atoms with Crippen molar-refractivity contribution in [1.82, 2.24) is 5.32 Å². The Labute approximate surface area is 169 Å². The van der Waals surface area contributed by atoms with Crippen molar-refractivity contribution in [3.8, 4) is 11.5 Å². The van der Waals surface area contributed by atoms with E-state index < -0.39 is 6.10 Å². The Morgan fingerprint density at radius 2 is 1.73 bits per heavy atom. The number of aliphatic hydroxyl groups excluding tert-OH is 1. The lowest BCUT2D eigenvalue weighted by Crippen LogP contribution is -2.24. The van der Waals surface area contributed by atoms with Crippen molar-refractivity contribution in [2.24, 2.45) is 0 Å². The van der Waals surface area contributed by atoms with Gasteiger partial charge in [-0.3, -0.25) is 0 Å². The Hall–Kier alpha value is -1.17. The standard InChI is InChI=1S/C19H22Cl3NO3/c1-3-25-18-7-14(10-23-9-12(2)24)16(21)8-19(18)26-11-13-4-5-15(20)17(22)6-13/h4-8,12,23-24H,3,9-11H2,1-2H3. The molecule has 7 heteroatoms. The molecule has 0 amide bonds. The topological polar surface area (TPSA) is 50.7 Å². The van der Waals surface area contributed by atoms with Crippen molar-refractivity contribution in [2.75, 3.05) is 13.2 Å². The first-order chi connectivity index (χ1) is 12.4. The molecule has 1 atom stereocenters. The minimum absolute atomic E-state index is 0.312. The summed E-state index contributed by atoms with van der Waals surface area (Å²) in [6.07, 6.45) is -0.422. The highest BCUT2D eigenvalue weighted by atomic mass is 35.5. The largest absolute Gasteiger partial charge is 0.490 e. The molecule has 0 fully saturated rings. The van der Waals surface area contributed by atoms with E-state index in [1.165, 1.54) is 0 Å². The minimum atomic E-state index is -0.422. The summed E-state index contributed by atoms with van der Waals surface area (Å²) < 4.78 is 11.6. The second kappa shape index (κ2) is 10.2. The Morgan fingerprint density at radius 3 is 2.38 bits per heavy atom. The number of ether oxygens (including phenoxy) is 2. The second-order valence-corrected chi connectivity index (χ2v) is 7.06. The van der Waals surface area contributed by atoms with Gasteiger partial charge in [0.25, 0.3) is 0 Å². The van der Waals surface area contributed by atoms with Crippen LogP contribution < -0.4 is 14.8 Å². The third-order valence-electron chi connectivity index (χ3n) is 3.55. The summed E-state index contributed by atoms with van der Waals surface area (Å²) in [6.45, 7) is 5.45. The predicted molar refractivity (Wildman–Crippen MR) is 107 cm³/mol. The molecule has 2 aromatic rings. The molecule has 0 bridgehead atoms. The molecule has 0 aliphatic rings. The van der Waals surface area contributed by atoms with Gasteiger partial charge in [0, 0.05) is 24.2 Å². The fraction of sp³-hybridized carbons (Fsp3) is 0.368. The Balaban J connectivity index is 2.13. The van der Waals surface area contributed by atoms with Gasteiger partial charge in [-0.2, -0.15) is 0 Å². The lowest BCUT2D eigenvalue weighted by molar-refractivity contribution is 0.191. The highest BCUT2D eigenvalue weighted by Crippen LogP contribution is 2.34. The van der Waals surface area contributed by atoms with Gasteiger partial charge in [0.1, 0.15) is 6.61 Å².